The van der Waals surface area contributed by atoms with Crippen molar-refractivity contribution in [3.05, 3.63) is 0 Å². The lowest BCUT2D eigenvalue weighted by Gasteiger charge is -2.46. The summed E-state index contributed by atoms with van der Waals surface area (Å²) in [6, 6.07) is -0.238. The molecule has 2 rings (SSSR count). The fourth-order valence-corrected chi connectivity index (χ4v) is 2.47. The predicted molar refractivity (Wildman–Crippen MR) is 75.3 cm³/mol. The summed E-state index contributed by atoms with van der Waals surface area (Å²) in [5.41, 5.74) is 0. The number of aliphatic hydroxyl groups excluding tert-OH is 3. The summed E-state index contributed by atoms with van der Waals surface area (Å²) in [4.78, 5) is 2.09. The number of hydrogen-bond acceptors (Lipinski definition) is 4. The van der Waals surface area contributed by atoms with Gasteiger partial charge in [-0.15, -0.1) is 0 Å². The minimum atomic E-state index is -0.774. The standard InChI is InChI=1S/C9H17NO3.I2/c11-6-2-1-4-10-5-3-7(12)9(13)8(6)10;1-2/h6-9,11-13H,1-5H2;. The van der Waals surface area contributed by atoms with Crippen molar-refractivity contribution < 1.29 is 15.3 Å². The maximum absolute atomic E-state index is 9.69. The summed E-state index contributed by atoms with van der Waals surface area (Å²) in [5.74, 6) is 0. The molecule has 0 aromatic carbocycles. The average molecular weight is 441 g/mol. The van der Waals surface area contributed by atoms with Crippen molar-refractivity contribution in [2.24, 2.45) is 0 Å². The fraction of sp³-hybridized carbons (Fsp3) is 1.00. The van der Waals surface area contributed by atoms with E-state index in [-0.39, 0.29) is 6.04 Å². The molecule has 2 heterocycles. The summed E-state index contributed by atoms with van der Waals surface area (Å²) in [7, 11) is 0. The van der Waals surface area contributed by atoms with E-state index in [2.05, 4.69) is 42.1 Å². The number of piperidine rings is 2. The van der Waals surface area contributed by atoms with Crippen LogP contribution in [-0.4, -0.2) is 57.7 Å². The number of nitrogens with zero attached hydrogens (tertiary/aromatic N) is 1. The van der Waals surface area contributed by atoms with E-state index in [1.54, 1.807) is 0 Å². The lowest BCUT2D eigenvalue weighted by atomic mass is 9.87. The van der Waals surface area contributed by atoms with Gasteiger partial charge in [0.1, 0.15) is 0 Å². The summed E-state index contributed by atoms with van der Waals surface area (Å²) < 4.78 is 0. The molecule has 2 aliphatic heterocycles. The Morgan fingerprint density at radius 3 is 2.27 bits per heavy atom. The predicted octanol–water partition coefficient (Wildman–Crippen LogP) is 0.709. The Labute approximate surface area is 113 Å². The second-order valence-corrected chi connectivity index (χ2v) is 4.08. The highest BCUT2D eigenvalue weighted by atomic mass is 128. The van der Waals surface area contributed by atoms with Crippen LogP contribution in [0, 0.1) is 0 Å². The molecule has 2 aliphatic rings. The number of hydrogen-bond donors (Lipinski definition) is 3. The zero-order valence-electron chi connectivity index (χ0n) is 8.39. The lowest BCUT2D eigenvalue weighted by molar-refractivity contribution is -0.126. The molecule has 0 spiro atoms. The van der Waals surface area contributed by atoms with E-state index in [0.717, 1.165) is 25.9 Å². The Bertz CT molecular complexity index is 194. The van der Waals surface area contributed by atoms with Crippen molar-refractivity contribution in [3.63, 3.8) is 0 Å². The zero-order chi connectivity index (χ0) is 11.4. The van der Waals surface area contributed by atoms with E-state index in [9.17, 15) is 15.3 Å². The molecule has 0 aliphatic carbocycles. The van der Waals surface area contributed by atoms with E-state index in [1.165, 1.54) is 0 Å². The molecule has 6 heteroatoms. The number of aliphatic hydroxyl groups is 3. The van der Waals surface area contributed by atoms with Gasteiger partial charge in [0.25, 0.3) is 0 Å². The van der Waals surface area contributed by atoms with Gasteiger partial charge in [-0.2, -0.15) is 0 Å². The highest BCUT2D eigenvalue weighted by Crippen LogP contribution is 2.26. The Hall–Kier alpha value is 1.30. The summed E-state index contributed by atoms with van der Waals surface area (Å²) >= 11 is 4.24. The minimum Gasteiger partial charge on any atom is -0.391 e. The molecule has 2 saturated heterocycles. The molecule has 0 saturated carbocycles. The van der Waals surface area contributed by atoms with Crippen molar-refractivity contribution >= 4 is 37.2 Å². The van der Waals surface area contributed by atoms with Gasteiger partial charge in [0.2, 0.25) is 0 Å². The van der Waals surface area contributed by atoms with Gasteiger partial charge < -0.3 is 15.3 Å². The maximum atomic E-state index is 9.69. The van der Waals surface area contributed by atoms with Crippen LogP contribution in [0.3, 0.4) is 0 Å². The Morgan fingerprint density at radius 1 is 0.933 bits per heavy atom. The Kier molecular flexibility index (Phi) is 6.60. The van der Waals surface area contributed by atoms with Crippen LogP contribution < -0.4 is 0 Å². The molecular weight excluding hydrogens is 424 g/mol. The van der Waals surface area contributed by atoms with Crippen molar-refractivity contribution in [2.45, 2.75) is 43.6 Å². The molecule has 4 unspecified atom stereocenters. The molecular formula is C9H17I2NO3. The SMILES string of the molecule is II.OC1CCN2CCCC(O)C2C1O. The summed E-state index contributed by atoms with van der Waals surface area (Å²) in [6.07, 6.45) is 0.437. The van der Waals surface area contributed by atoms with Crippen LogP contribution in [-0.2, 0) is 0 Å². The molecule has 0 amide bonds. The number of fused-ring (bicyclic) bond motifs is 1. The molecule has 0 aromatic rings. The number of halogens is 2. The van der Waals surface area contributed by atoms with Crippen LogP contribution in [0.4, 0.5) is 0 Å². The van der Waals surface area contributed by atoms with E-state index < -0.39 is 18.3 Å². The van der Waals surface area contributed by atoms with E-state index >= 15 is 0 Å². The fourth-order valence-electron chi connectivity index (χ4n) is 2.47. The third-order valence-corrected chi connectivity index (χ3v) is 3.22. The largest absolute Gasteiger partial charge is 0.391 e. The average Bonchev–Trinajstić information content (AvgIpc) is 2.26. The zero-order valence-corrected chi connectivity index (χ0v) is 12.7. The highest BCUT2D eigenvalue weighted by Gasteiger charge is 2.41. The quantitative estimate of drug-likeness (QED) is 0.485. The Balaban J connectivity index is 0.000000531. The second-order valence-electron chi connectivity index (χ2n) is 4.08. The van der Waals surface area contributed by atoms with Gasteiger partial charge in [-0.3, -0.25) is 4.90 Å². The van der Waals surface area contributed by atoms with Gasteiger partial charge in [0.05, 0.1) is 24.4 Å². The van der Waals surface area contributed by atoms with Crippen LogP contribution in [0.1, 0.15) is 19.3 Å². The first-order valence-corrected chi connectivity index (χ1v) is 11.4. The maximum Gasteiger partial charge on any atom is 0.0979 e. The van der Waals surface area contributed by atoms with Gasteiger partial charge in [0, 0.05) is 43.8 Å². The third kappa shape index (κ3) is 3.38. The highest BCUT2D eigenvalue weighted by molar-refractivity contribution is 15.0. The molecule has 2 fully saturated rings. The normalized spacial score (nSPS) is 41.4. The van der Waals surface area contributed by atoms with Crippen LogP contribution in [0.2, 0.25) is 0 Å². The third-order valence-electron chi connectivity index (χ3n) is 3.22. The van der Waals surface area contributed by atoms with Gasteiger partial charge in [-0.05, 0) is 25.8 Å². The summed E-state index contributed by atoms with van der Waals surface area (Å²) in [6.45, 7) is 1.73. The molecule has 4 atom stereocenters. The van der Waals surface area contributed by atoms with Crippen molar-refractivity contribution in [2.75, 3.05) is 13.1 Å². The molecule has 3 N–H and O–H groups in total. The molecule has 90 valence electrons. The van der Waals surface area contributed by atoms with Gasteiger partial charge in [0.15, 0.2) is 0 Å². The number of rotatable bonds is 0. The van der Waals surface area contributed by atoms with Crippen LogP contribution >= 0.6 is 37.2 Å². The first-order chi connectivity index (χ1) is 7.20. The van der Waals surface area contributed by atoms with E-state index in [4.69, 9.17) is 0 Å². The monoisotopic (exact) mass is 441 g/mol. The van der Waals surface area contributed by atoms with Crippen LogP contribution in [0.5, 0.6) is 0 Å². The molecule has 0 bridgehead atoms. The first kappa shape index (κ1) is 14.4. The van der Waals surface area contributed by atoms with Crippen molar-refractivity contribution in [3.8, 4) is 0 Å². The van der Waals surface area contributed by atoms with E-state index in [1.807, 2.05) is 0 Å². The van der Waals surface area contributed by atoms with Crippen LogP contribution in [0.25, 0.3) is 0 Å². The smallest absolute Gasteiger partial charge is 0.0979 e. The molecule has 0 radical (unpaired) electrons. The van der Waals surface area contributed by atoms with Crippen molar-refractivity contribution in [1.29, 1.82) is 0 Å². The second kappa shape index (κ2) is 6.90. The molecule has 15 heavy (non-hydrogen) atoms. The minimum absolute atomic E-state index is 0.238. The van der Waals surface area contributed by atoms with Crippen molar-refractivity contribution in [1.82, 2.24) is 4.90 Å². The van der Waals surface area contributed by atoms with E-state index in [0.29, 0.717) is 6.42 Å². The van der Waals surface area contributed by atoms with Gasteiger partial charge in [-0.25, -0.2) is 0 Å². The lowest BCUT2D eigenvalue weighted by Crippen LogP contribution is -2.61. The van der Waals surface area contributed by atoms with Crippen LogP contribution in [0.15, 0.2) is 0 Å². The van der Waals surface area contributed by atoms with Gasteiger partial charge >= 0.3 is 0 Å². The topological polar surface area (TPSA) is 63.9 Å². The first-order valence-electron chi connectivity index (χ1n) is 5.12. The summed E-state index contributed by atoms with van der Waals surface area (Å²) in [5, 5.41) is 28.8. The van der Waals surface area contributed by atoms with Gasteiger partial charge in [-0.1, -0.05) is 0 Å². The molecule has 4 nitrogen and oxygen atoms in total. The Morgan fingerprint density at radius 2 is 1.60 bits per heavy atom. The molecule has 0 aromatic heterocycles.